The van der Waals surface area contributed by atoms with Gasteiger partial charge in [-0.25, -0.2) is 4.79 Å². The largest absolute Gasteiger partial charge is 0.460 e. The van der Waals surface area contributed by atoms with Crippen LogP contribution in [0.3, 0.4) is 0 Å². The zero-order valence-electron chi connectivity index (χ0n) is 45.2. The van der Waals surface area contributed by atoms with Crippen LogP contribution in [0.15, 0.2) is 77.9 Å². The van der Waals surface area contributed by atoms with Gasteiger partial charge in [-0.1, -0.05) is 107 Å². The number of amides is 1. The highest BCUT2D eigenvalue weighted by Gasteiger charge is 2.53. The van der Waals surface area contributed by atoms with Gasteiger partial charge in [0.25, 0.3) is 11.7 Å². The van der Waals surface area contributed by atoms with E-state index in [-0.39, 0.29) is 67.0 Å². The predicted molar refractivity (Wildman–Crippen MR) is 278 cm³/mol. The first-order chi connectivity index (χ1) is 34.7. The van der Waals surface area contributed by atoms with Gasteiger partial charge >= 0.3 is 5.97 Å². The second kappa shape index (κ2) is 27.9. The third-order valence-electron chi connectivity index (χ3n) is 16.2. The molecule has 404 valence electrons. The fourth-order valence-electron chi connectivity index (χ4n) is 11.4. The van der Waals surface area contributed by atoms with Gasteiger partial charge in [0.2, 0.25) is 5.79 Å². The van der Waals surface area contributed by atoms with E-state index in [1.807, 2.05) is 71.1 Å². The minimum absolute atomic E-state index is 0.00288. The zero-order chi connectivity index (χ0) is 53.6. The van der Waals surface area contributed by atoms with Gasteiger partial charge in [-0.3, -0.25) is 24.0 Å². The van der Waals surface area contributed by atoms with Gasteiger partial charge in [0.15, 0.2) is 11.6 Å². The van der Waals surface area contributed by atoms with Gasteiger partial charge in [-0.15, -0.1) is 0 Å². The van der Waals surface area contributed by atoms with Crippen LogP contribution in [0.25, 0.3) is 0 Å². The maximum absolute atomic E-state index is 14.6. The number of cyclic esters (lactones) is 1. The Balaban J connectivity index is 1.54. The van der Waals surface area contributed by atoms with Crippen molar-refractivity contribution in [3.05, 3.63) is 83.5 Å². The molecule has 14 nitrogen and oxygen atoms in total. The van der Waals surface area contributed by atoms with Crippen molar-refractivity contribution in [1.29, 1.82) is 0 Å². The number of aliphatic hydroxyl groups excluding tert-OH is 1. The quantitative estimate of drug-likeness (QED) is 0.103. The molecule has 0 radical (unpaired) electrons. The summed E-state index contributed by atoms with van der Waals surface area (Å²) in [5.41, 5.74) is 2.01. The molecule has 0 spiro atoms. The molecule has 4 aliphatic rings. The van der Waals surface area contributed by atoms with E-state index in [4.69, 9.17) is 23.7 Å². The smallest absolute Gasteiger partial charge is 0.329 e. The number of fused-ring (bicyclic) bond motifs is 3. The zero-order valence-corrected chi connectivity index (χ0v) is 45.2. The van der Waals surface area contributed by atoms with Crippen molar-refractivity contribution in [3.63, 3.8) is 0 Å². The molecule has 0 unspecified atom stereocenters. The van der Waals surface area contributed by atoms with E-state index in [1.165, 1.54) is 12.0 Å². The van der Waals surface area contributed by atoms with Crippen LogP contribution in [-0.4, -0.2) is 126 Å². The van der Waals surface area contributed by atoms with E-state index in [9.17, 15) is 39.0 Å². The van der Waals surface area contributed by atoms with Crippen molar-refractivity contribution in [3.8, 4) is 0 Å². The molecule has 1 amide bonds. The number of nitrogens with zero attached hydrogens (tertiary/aromatic N) is 1. The first kappa shape index (κ1) is 59.4. The summed E-state index contributed by atoms with van der Waals surface area (Å²) in [6.45, 7) is 13.1. The van der Waals surface area contributed by atoms with E-state index in [0.29, 0.717) is 75.3 Å². The van der Waals surface area contributed by atoms with Gasteiger partial charge < -0.3 is 38.8 Å². The molecule has 3 aliphatic heterocycles. The average molecular weight is 1020 g/mol. The number of allylic oxidation sites excluding steroid dienone is 6. The Labute approximate surface area is 434 Å². The van der Waals surface area contributed by atoms with E-state index in [2.05, 4.69) is 0 Å². The van der Waals surface area contributed by atoms with Crippen LogP contribution in [0.1, 0.15) is 142 Å². The number of ketones is 4. The van der Waals surface area contributed by atoms with Crippen LogP contribution < -0.4 is 0 Å². The normalized spacial score (nSPS) is 36.0. The number of ether oxygens (including phenoxy) is 5. The van der Waals surface area contributed by atoms with Crippen LogP contribution in [0.5, 0.6) is 0 Å². The Kier molecular flexibility index (Phi) is 22.7. The molecule has 1 aromatic carbocycles. The van der Waals surface area contributed by atoms with E-state index >= 15 is 0 Å². The van der Waals surface area contributed by atoms with Gasteiger partial charge in [0.05, 0.1) is 24.4 Å². The number of carbonyl (C=O) groups excluding carboxylic acids is 6. The molecule has 0 aromatic heterocycles. The topological polar surface area (TPSA) is 192 Å². The number of methoxy groups -OCH3 is 3. The number of hydrogen-bond donors (Lipinski definition) is 2. The number of Topliss-reactive ketones (excluding diaryl/α,β-unsaturated/α-hetero) is 4. The summed E-state index contributed by atoms with van der Waals surface area (Å²) in [7, 11) is 4.62. The third-order valence-corrected chi connectivity index (χ3v) is 16.2. The predicted octanol–water partition coefficient (Wildman–Crippen LogP) is 8.71. The number of esters is 1. The van der Waals surface area contributed by atoms with Crippen LogP contribution in [0.4, 0.5) is 0 Å². The maximum atomic E-state index is 14.6. The molecule has 15 atom stereocenters. The number of carbonyl (C=O) groups is 6. The second-order valence-corrected chi connectivity index (χ2v) is 21.7. The van der Waals surface area contributed by atoms with Crippen molar-refractivity contribution in [2.24, 2.45) is 41.4 Å². The summed E-state index contributed by atoms with van der Waals surface area (Å²) < 4.78 is 30.0. The summed E-state index contributed by atoms with van der Waals surface area (Å²) in [5, 5.41) is 22.6. The fraction of sp³-hybridized carbons (Fsp3) is 0.661. The first-order valence-electron chi connectivity index (χ1n) is 26.8. The Bertz CT molecular complexity index is 2170. The van der Waals surface area contributed by atoms with Crippen LogP contribution in [-0.2, 0) is 47.7 Å². The van der Waals surface area contributed by atoms with E-state index in [1.54, 1.807) is 58.4 Å². The van der Waals surface area contributed by atoms with E-state index < -0.39 is 83.7 Å². The van der Waals surface area contributed by atoms with Crippen LogP contribution >= 0.6 is 0 Å². The summed E-state index contributed by atoms with van der Waals surface area (Å²) >= 11 is 0. The molecule has 2 N–H and O–H groups in total. The Morgan fingerprint density at radius 3 is 2.26 bits per heavy atom. The van der Waals surface area contributed by atoms with Crippen LogP contribution in [0, 0.1) is 41.4 Å². The lowest BCUT2D eigenvalue weighted by molar-refractivity contribution is -0.265. The highest BCUT2D eigenvalue weighted by Crippen LogP contribution is 2.38. The van der Waals surface area contributed by atoms with Crippen molar-refractivity contribution < 1.29 is 62.7 Å². The van der Waals surface area contributed by atoms with Gasteiger partial charge in [-0.2, -0.15) is 0 Å². The van der Waals surface area contributed by atoms with Crippen molar-refractivity contribution in [1.82, 2.24) is 4.90 Å². The molecule has 3 heterocycles. The number of rotatable bonds is 9. The summed E-state index contributed by atoms with van der Waals surface area (Å²) in [4.78, 5) is 87.4. The van der Waals surface area contributed by atoms with Crippen LogP contribution in [0.2, 0.25) is 0 Å². The van der Waals surface area contributed by atoms with Crippen molar-refractivity contribution in [2.45, 2.75) is 180 Å². The van der Waals surface area contributed by atoms with Gasteiger partial charge in [-0.05, 0) is 101 Å². The van der Waals surface area contributed by atoms with Crippen molar-refractivity contribution >= 4 is 35.0 Å². The fourth-order valence-corrected chi connectivity index (χ4v) is 11.4. The minimum atomic E-state index is -2.44. The summed E-state index contributed by atoms with van der Waals surface area (Å²) in [6, 6.07) is 7.72. The number of piperidine rings is 1. The third kappa shape index (κ3) is 15.8. The molecular formula is C59H85NO13. The van der Waals surface area contributed by atoms with E-state index in [0.717, 1.165) is 5.57 Å². The average Bonchev–Trinajstić information content (AvgIpc) is 3.38. The second-order valence-electron chi connectivity index (χ2n) is 21.7. The molecule has 5 rings (SSSR count). The van der Waals surface area contributed by atoms with Gasteiger partial charge in [0, 0.05) is 76.4 Å². The molecule has 14 heteroatoms. The number of aliphatic hydroxyl groups is 2. The molecule has 3 fully saturated rings. The molecule has 1 aromatic rings. The summed E-state index contributed by atoms with van der Waals surface area (Å²) in [5.74, 6) is -8.78. The number of hydrogen-bond acceptors (Lipinski definition) is 13. The van der Waals surface area contributed by atoms with Gasteiger partial charge in [0.1, 0.15) is 24.0 Å². The Morgan fingerprint density at radius 1 is 0.849 bits per heavy atom. The SMILES string of the molecule is CO[C@H]1C[C@@H]2CC[C@@H](C)[C@@](O)(O2)C(=O)C(=O)N2CCCC[C@H]2C(=O)O[C@H]([C@H](C)C[C@@H]2CC[C@@H](O)[C@H](OC)C2)CC(=O)[C@H](C)/C=C(\C)[C@@H](CC(=O)c2ccccc2)[C@@H](OC)C(=O)[C@H](C)C[C@H](C)/C=C/C=CC=C1C. The molecule has 73 heavy (non-hydrogen) atoms. The first-order valence-corrected chi connectivity index (χ1v) is 26.8. The monoisotopic (exact) mass is 1020 g/mol. The standard InChI is InChI=1S/C59H85NO13/c1-36-19-13-11-14-20-37(2)51(69-8)33-45-26-24-42(7)59(68,73-45)56(65)57(66)60-28-18-17-23-47(60)58(67)72-52(40(5)31-43-25-27-48(61)53(32-43)70-9)35-49(62)39(4)30-38(3)46(55(71-10)54(64)41(6)29-36)34-50(63)44-21-15-12-16-22-44/h11-16,19-22,30,36,39-43,45-48,51-53,55,61,68H,17-18,23-29,31-35H2,1-10H3/b14-11?,19-13+,37-20?,38-30+/t36-,39-,40-,41-,42-,43+,45+,46-,47+,48-,51+,52+,53-,55-,59-/m1/s1. The molecule has 2 saturated heterocycles. The maximum Gasteiger partial charge on any atom is 0.329 e. The lowest BCUT2D eigenvalue weighted by Gasteiger charge is -2.42. The number of benzene rings is 1. The molecule has 2 bridgehead atoms. The Hall–Kier alpha value is -4.44. The van der Waals surface area contributed by atoms with Crippen molar-refractivity contribution in [2.75, 3.05) is 27.9 Å². The highest BCUT2D eigenvalue weighted by atomic mass is 16.6. The Morgan fingerprint density at radius 2 is 1.58 bits per heavy atom. The molecular weight excluding hydrogens is 931 g/mol. The molecule has 1 saturated carbocycles. The lowest BCUT2D eigenvalue weighted by atomic mass is 9.78. The highest BCUT2D eigenvalue weighted by molar-refractivity contribution is 6.39. The molecule has 1 aliphatic carbocycles. The summed E-state index contributed by atoms with van der Waals surface area (Å²) in [6.07, 6.45) is 12.7. The lowest BCUT2D eigenvalue weighted by Crippen LogP contribution is -2.61. The minimum Gasteiger partial charge on any atom is -0.460 e.